The van der Waals surface area contributed by atoms with Gasteiger partial charge in [-0.25, -0.2) is 0 Å². The van der Waals surface area contributed by atoms with Gasteiger partial charge in [0, 0.05) is 49.1 Å². The first-order chi connectivity index (χ1) is 16.1. The SMILES string of the molecule is CC(=O)N1C(C)CN(C(=O)/C=C/c2ccc(Sc3ccccc3C(C)C)c([N+](=O)[O-])c2)CC1C. The molecule has 1 saturated heterocycles. The van der Waals surface area contributed by atoms with E-state index in [-0.39, 0.29) is 34.5 Å². The molecule has 1 aliphatic rings. The molecule has 1 fully saturated rings. The van der Waals surface area contributed by atoms with Crippen molar-refractivity contribution in [3.05, 3.63) is 69.8 Å². The molecule has 0 aromatic heterocycles. The van der Waals surface area contributed by atoms with Crippen LogP contribution < -0.4 is 0 Å². The Balaban J connectivity index is 1.77. The van der Waals surface area contributed by atoms with Gasteiger partial charge in [-0.05, 0) is 49.1 Å². The Bertz CT molecular complexity index is 1100. The first-order valence-corrected chi connectivity index (χ1v) is 12.2. The first kappa shape index (κ1) is 25.5. The molecule has 180 valence electrons. The van der Waals surface area contributed by atoms with Gasteiger partial charge in [-0.3, -0.25) is 19.7 Å². The fourth-order valence-electron chi connectivity index (χ4n) is 4.43. The number of hydrogen-bond donors (Lipinski definition) is 0. The molecule has 2 unspecified atom stereocenters. The van der Waals surface area contributed by atoms with Gasteiger partial charge >= 0.3 is 0 Å². The lowest BCUT2D eigenvalue weighted by atomic mass is 10.0. The minimum absolute atomic E-state index is 0.00364. The number of piperazine rings is 1. The normalized spacial score (nSPS) is 18.5. The van der Waals surface area contributed by atoms with Crippen molar-refractivity contribution in [1.82, 2.24) is 9.80 Å². The number of nitrogens with zero attached hydrogens (tertiary/aromatic N) is 3. The Kier molecular flexibility index (Phi) is 8.15. The molecular weight excluding hydrogens is 450 g/mol. The number of carbonyl (C=O) groups excluding carboxylic acids is 2. The topological polar surface area (TPSA) is 83.8 Å². The van der Waals surface area contributed by atoms with Crippen molar-refractivity contribution in [3.8, 4) is 0 Å². The van der Waals surface area contributed by atoms with E-state index in [1.165, 1.54) is 23.9 Å². The Labute approximate surface area is 205 Å². The summed E-state index contributed by atoms with van der Waals surface area (Å²) in [5.74, 6) is 0.136. The molecule has 1 aliphatic heterocycles. The average Bonchev–Trinajstić information content (AvgIpc) is 2.77. The molecule has 0 spiro atoms. The number of carbonyl (C=O) groups is 2. The molecule has 2 atom stereocenters. The number of hydrogen-bond acceptors (Lipinski definition) is 5. The number of benzene rings is 2. The summed E-state index contributed by atoms with van der Waals surface area (Å²) in [7, 11) is 0. The van der Waals surface area contributed by atoms with Crippen LogP contribution in [0.1, 0.15) is 51.7 Å². The van der Waals surface area contributed by atoms with Crippen LogP contribution in [0.3, 0.4) is 0 Å². The molecule has 34 heavy (non-hydrogen) atoms. The summed E-state index contributed by atoms with van der Waals surface area (Å²) in [6.07, 6.45) is 3.06. The smallest absolute Gasteiger partial charge is 0.283 e. The quantitative estimate of drug-likeness (QED) is 0.315. The van der Waals surface area contributed by atoms with E-state index in [0.717, 1.165) is 10.5 Å². The van der Waals surface area contributed by atoms with Crippen LogP contribution in [0.2, 0.25) is 0 Å². The Morgan fingerprint density at radius 3 is 2.32 bits per heavy atom. The molecule has 7 nitrogen and oxygen atoms in total. The van der Waals surface area contributed by atoms with Crippen molar-refractivity contribution < 1.29 is 14.5 Å². The number of amides is 2. The summed E-state index contributed by atoms with van der Waals surface area (Å²) in [5.41, 5.74) is 1.74. The van der Waals surface area contributed by atoms with Gasteiger partial charge in [0.25, 0.3) is 5.69 Å². The van der Waals surface area contributed by atoms with Crippen LogP contribution in [0.4, 0.5) is 5.69 Å². The zero-order chi connectivity index (χ0) is 25.0. The summed E-state index contributed by atoms with van der Waals surface area (Å²) in [5, 5.41) is 11.8. The lowest BCUT2D eigenvalue weighted by Gasteiger charge is -2.43. The largest absolute Gasteiger partial charge is 0.335 e. The highest BCUT2D eigenvalue weighted by atomic mass is 32.2. The molecule has 0 aliphatic carbocycles. The number of nitro groups is 1. The third-order valence-corrected chi connectivity index (χ3v) is 7.11. The predicted octanol–water partition coefficient (Wildman–Crippen LogP) is 5.35. The van der Waals surface area contributed by atoms with E-state index in [2.05, 4.69) is 13.8 Å². The summed E-state index contributed by atoms with van der Waals surface area (Å²) in [6.45, 7) is 10.5. The fourth-order valence-corrected chi connectivity index (χ4v) is 5.61. The van der Waals surface area contributed by atoms with Gasteiger partial charge in [0.15, 0.2) is 0 Å². The third-order valence-electron chi connectivity index (χ3n) is 5.95. The predicted molar refractivity (Wildman–Crippen MR) is 135 cm³/mol. The van der Waals surface area contributed by atoms with Crippen LogP contribution in [0.15, 0.2) is 58.3 Å². The minimum Gasteiger partial charge on any atom is -0.335 e. The maximum absolute atomic E-state index is 12.8. The summed E-state index contributed by atoms with van der Waals surface area (Å²) < 4.78 is 0. The average molecular weight is 482 g/mol. The van der Waals surface area contributed by atoms with E-state index in [0.29, 0.717) is 29.5 Å². The van der Waals surface area contributed by atoms with E-state index < -0.39 is 0 Å². The van der Waals surface area contributed by atoms with Crippen molar-refractivity contribution in [2.75, 3.05) is 13.1 Å². The van der Waals surface area contributed by atoms with Crippen molar-refractivity contribution in [2.45, 2.75) is 62.4 Å². The zero-order valence-corrected chi connectivity index (χ0v) is 21.0. The maximum atomic E-state index is 12.8. The molecular formula is C26H31N3O4S. The molecule has 2 amide bonds. The van der Waals surface area contributed by atoms with E-state index in [1.54, 1.807) is 34.9 Å². The standard InChI is InChI=1S/C26H31N3O4S/c1-17(2)22-8-6-7-9-24(22)34-25-12-10-21(14-23(25)29(32)33)11-13-26(31)27-15-18(3)28(20(5)30)19(4)16-27/h6-14,17-19H,15-16H2,1-5H3/b13-11+. The van der Waals surface area contributed by atoms with Gasteiger partial charge in [-0.15, -0.1) is 0 Å². The lowest BCUT2D eigenvalue weighted by molar-refractivity contribution is -0.387. The van der Waals surface area contributed by atoms with Gasteiger partial charge in [-0.1, -0.05) is 49.9 Å². The molecule has 0 N–H and O–H groups in total. The molecule has 1 heterocycles. The summed E-state index contributed by atoms with van der Waals surface area (Å²) in [6, 6.07) is 12.8. The maximum Gasteiger partial charge on any atom is 0.283 e. The Morgan fingerprint density at radius 1 is 1.09 bits per heavy atom. The minimum atomic E-state index is -0.385. The summed E-state index contributed by atoms with van der Waals surface area (Å²) >= 11 is 1.38. The van der Waals surface area contributed by atoms with E-state index >= 15 is 0 Å². The third kappa shape index (κ3) is 5.86. The Hall–Kier alpha value is -3.13. The number of rotatable bonds is 6. The van der Waals surface area contributed by atoms with Crippen LogP contribution in [-0.4, -0.2) is 51.7 Å². The van der Waals surface area contributed by atoms with E-state index in [4.69, 9.17) is 0 Å². The number of nitro benzene ring substituents is 1. The van der Waals surface area contributed by atoms with Gasteiger partial charge in [0.2, 0.25) is 11.8 Å². The van der Waals surface area contributed by atoms with Crippen molar-refractivity contribution in [2.24, 2.45) is 0 Å². The summed E-state index contributed by atoms with van der Waals surface area (Å²) in [4.78, 5) is 41.1. The second-order valence-corrected chi connectivity index (χ2v) is 10.1. The highest BCUT2D eigenvalue weighted by Crippen LogP contribution is 2.39. The molecule has 0 radical (unpaired) electrons. The van der Waals surface area contributed by atoms with Crippen LogP contribution >= 0.6 is 11.8 Å². The van der Waals surface area contributed by atoms with Crippen molar-refractivity contribution in [3.63, 3.8) is 0 Å². The molecule has 2 aromatic rings. The molecule has 0 bridgehead atoms. The highest BCUT2D eigenvalue weighted by molar-refractivity contribution is 7.99. The van der Waals surface area contributed by atoms with Crippen LogP contribution in [-0.2, 0) is 9.59 Å². The molecule has 3 rings (SSSR count). The zero-order valence-electron chi connectivity index (χ0n) is 20.2. The van der Waals surface area contributed by atoms with Crippen molar-refractivity contribution in [1.29, 1.82) is 0 Å². The second-order valence-electron chi connectivity index (χ2n) is 8.98. The van der Waals surface area contributed by atoms with Gasteiger partial charge in [0.05, 0.1) is 9.82 Å². The fraction of sp³-hybridized carbons (Fsp3) is 0.385. The van der Waals surface area contributed by atoms with E-state index in [1.807, 2.05) is 38.1 Å². The second kappa shape index (κ2) is 10.9. The van der Waals surface area contributed by atoms with E-state index in [9.17, 15) is 19.7 Å². The van der Waals surface area contributed by atoms with Crippen LogP contribution in [0, 0.1) is 10.1 Å². The van der Waals surface area contributed by atoms with Gasteiger partial charge < -0.3 is 9.80 Å². The van der Waals surface area contributed by atoms with Gasteiger partial charge in [0.1, 0.15) is 0 Å². The highest BCUT2D eigenvalue weighted by Gasteiger charge is 2.32. The lowest BCUT2D eigenvalue weighted by Crippen LogP contribution is -2.59. The molecule has 2 aromatic carbocycles. The monoisotopic (exact) mass is 481 g/mol. The molecule has 8 heteroatoms. The first-order valence-electron chi connectivity index (χ1n) is 11.4. The molecule has 0 saturated carbocycles. The van der Waals surface area contributed by atoms with Crippen molar-refractivity contribution >= 4 is 35.3 Å². The van der Waals surface area contributed by atoms with Crippen LogP contribution in [0.5, 0.6) is 0 Å². The van der Waals surface area contributed by atoms with Crippen LogP contribution in [0.25, 0.3) is 6.08 Å². The van der Waals surface area contributed by atoms with Gasteiger partial charge in [-0.2, -0.15) is 0 Å². The Morgan fingerprint density at radius 2 is 1.74 bits per heavy atom.